The molecule has 2 rings (SSSR count). The van der Waals surface area contributed by atoms with Crippen molar-refractivity contribution in [2.45, 2.75) is 0 Å². The van der Waals surface area contributed by atoms with Crippen LogP contribution >= 0.6 is 15.9 Å². The van der Waals surface area contributed by atoms with Gasteiger partial charge in [-0.1, -0.05) is 6.07 Å². The molecule has 0 unspecified atom stereocenters. The van der Waals surface area contributed by atoms with E-state index in [1.165, 1.54) is 0 Å². The number of benzene rings is 1. The Labute approximate surface area is 124 Å². The molecular weight excluding hydrogens is 326 g/mol. The van der Waals surface area contributed by atoms with E-state index in [1.807, 2.05) is 0 Å². The topological polar surface area (TPSA) is 84.3 Å². The van der Waals surface area contributed by atoms with Crippen LogP contribution < -0.4 is 10.1 Å². The van der Waals surface area contributed by atoms with Gasteiger partial charge in [-0.05, 0) is 34.1 Å². The number of carbonyl (C=O) groups is 1. The zero-order chi connectivity index (χ0) is 14.4. The van der Waals surface area contributed by atoms with Gasteiger partial charge in [-0.25, -0.2) is 9.97 Å². The molecule has 0 saturated heterocycles. The zero-order valence-electron chi connectivity index (χ0n) is 10.4. The van der Waals surface area contributed by atoms with Gasteiger partial charge in [-0.3, -0.25) is 4.79 Å². The smallest absolute Gasteiger partial charge is 0.321 e. The Bertz CT molecular complexity index is 590. The number of hydrogen-bond donors (Lipinski definition) is 2. The van der Waals surface area contributed by atoms with Gasteiger partial charge in [0.1, 0.15) is 5.75 Å². The molecule has 104 valence electrons. The summed E-state index contributed by atoms with van der Waals surface area (Å²) in [6.45, 7) is 0.106. The monoisotopic (exact) mass is 337 g/mol. The van der Waals surface area contributed by atoms with Crippen LogP contribution in [0, 0.1) is 0 Å². The van der Waals surface area contributed by atoms with Crippen LogP contribution in [0.15, 0.2) is 41.1 Å². The average molecular weight is 338 g/mol. The summed E-state index contributed by atoms with van der Waals surface area (Å²) in [5.74, 6) is 0.185. The summed E-state index contributed by atoms with van der Waals surface area (Å²) in [5.41, 5.74) is 0.438. The molecule has 20 heavy (non-hydrogen) atoms. The molecule has 0 bridgehead atoms. The van der Waals surface area contributed by atoms with Crippen molar-refractivity contribution in [1.82, 2.24) is 15.3 Å². The molecular formula is C13H12BrN3O3. The van der Waals surface area contributed by atoms with Gasteiger partial charge in [0, 0.05) is 24.5 Å². The number of halogens is 1. The van der Waals surface area contributed by atoms with E-state index < -0.39 is 0 Å². The second-order valence-corrected chi connectivity index (χ2v) is 4.71. The van der Waals surface area contributed by atoms with Crippen molar-refractivity contribution in [2.75, 3.05) is 13.2 Å². The Kier molecular flexibility index (Phi) is 5.03. The predicted molar refractivity (Wildman–Crippen MR) is 75.7 cm³/mol. The summed E-state index contributed by atoms with van der Waals surface area (Å²) < 4.78 is 6.21. The molecule has 7 heteroatoms. The molecule has 0 radical (unpaired) electrons. The Balaban J connectivity index is 2.09. The van der Waals surface area contributed by atoms with Gasteiger partial charge in [-0.2, -0.15) is 0 Å². The highest BCUT2D eigenvalue weighted by atomic mass is 79.9. The number of nitrogens with one attached hydrogen (secondary N) is 1. The van der Waals surface area contributed by atoms with Crippen LogP contribution in [0.1, 0.15) is 10.4 Å². The fourth-order valence-electron chi connectivity index (χ4n) is 1.43. The van der Waals surface area contributed by atoms with Crippen LogP contribution in [-0.4, -0.2) is 34.1 Å². The number of rotatable bonds is 5. The first-order valence-corrected chi connectivity index (χ1v) is 6.63. The van der Waals surface area contributed by atoms with Gasteiger partial charge in [0.15, 0.2) is 0 Å². The molecule has 1 amide bonds. The number of nitrogens with zero attached hydrogens (tertiary/aromatic N) is 2. The average Bonchev–Trinajstić information content (AvgIpc) is 2.47. The quantitative estimate of drug-likeness (QED) is 0.868. The summed E-state index contributed by atoms with van der Waals surface area (Å²) >= 11 is 3.23. The molecule has 0 aliphatic heterocycles. The SMILES string of the molecule is O=C(NCCO)c1cccc(Oc2ncc(Br)cn2)c1. The molecule has 2 aromatic rings. The number of aromatic nitrogens is 2. The Hall–Kier alpha value is -1.99. The third kappa shape index (κ3) is 4.01. The predicted octanol–water partition coefficient (Wildman–Crippen LogP) is 1.75. The number of ether oxygens (including phenoxy) is 1. The van der Waals surface area contributed by atoms with Crippen molar-refractivity contribution in [3.63, 3.8) is 0 Å². The van der Waals surface area contributed by atoms with Crippen molar-refractivity contribution in [2.24, 2.45) is 0 Å². The highest BCUT2D eigenvalue weighted by Crippen LogP contribution is 2.19. The van der Waals surface area contributed by atoms with E-state index in [-0.39, 0.29) is 25.1 Å². The molecule has 1 aromatic heterocycles. The van der Waals surface area contributed by atoms with Crippen molar-refractivity contribution in [1.29, 1.82) is 0 Å². The molecule has 0 atom stereocenters. The first-order chi connectivity index (χ1) is 9.69. The van der Waals surface area contributed by atoms with Crippen LogP contribution in [0.2, 0.25) is 0 Å². The van der Waals surface area contributed by atoms with Crippen LogP contribution in [0.25, 0.3) is 0 Å². The summed E-state index contributed by atoms with van der Waals surface area (Å²) in [4.78, 5) is 19.7. The fraction of sp³-hybridized carbons (Fsp3) is 0.154. The summed E-state index contributed by atoms with van der Waals surface area (Å²) in [7, 11) is 0. The number of aliphatic hydroxyl groups is 1. The minimum Gasteiger partial charge on any atom is -0.424 e. The van der Waals surface area contributed by atoms with E-state index in [4.69, 9.17) is 9.84 Å². The minimum atomic E-state index is -0.277. The molecule has 1 heterocycles. The third-order valence-electron chi connectivity index (χ3n) is 2.30. The van der Waals surface area contributed by atoms with Gasteiger partial charge in [0.2, 0.25) is 0 Å². The normalized spacial score (nSPS) is 10.1. The van der Waals surface area contributed by atoms with Gasteiger partial charge in [0.25, 0.3) is 5.91 Å². The number of aliphatic hydroxyl groups excluding tert-OH is 1. The highest BCUT2D eigenvalue weighted by Gasteiger charge is 2.07. The summed E-state index contributed by atoms with van der Waals surface area (Å²) in [6, 6.07) is 6.83. The fourth-order valence-corrected chi connectivity index (χ4v) is 1.64. The largest absolute Gasteiger partial charge is 0.424 e. The lowest BCUT2D eigenvalue weighted by Crippen LogP contribution is -2.26. The molecule has 1 aromatic carbocycles. The Morgan fingerprint density at radius 3 is 2.80 bits per heavy atom. The lowest BCUT2D eigenvalue weighted by molar-refractivity contribution is 0.0944. The number of amides is 1. The van der Waals surface area contributed by atoms with E-state index in [0.29, 0.717) is 11.3 Å². The first kappa shape index (κ1) is 14.4. The van der Waals surface area contributed by atoms with Crippen LogP contribution in [-0.2, 0) is 0 Å². The minimum absolute atomic E-state index is 0.103. The van der Waals surface area contributed by atoms with Crippen molar-refractivity contribution >= 4 is 21.8 Å². The molecule has 0 aliphatic rings. The maximum atomic E-state index is 11.7. The van der Waals surface area contributed by atoms with Gasteiger partial charge >= 0.3 is 6.01 Å². The van der Waals surface area contributed by atoms with E-state index in [2.05, 4.69) is 31.2 Å². The number of carbonyl (C=O) groups excluding carboxylic acids is 1. The van der Waals surface area contributed by atoms with E-state index in [0.717, 1.165) is 4.47 Å². The van der Waals surface area contributed by atoms with E-state index >= 15 is 0 Å². The van der Waals surface area contributed by atoms with Crippen molar-refractivity contribution in [3.05, 3.63) is 46.7 Å². The van der Waals surface area contributed by atoms with E-state index in [9.17, 15) is 4.79 Å². The van der Waals surface area contributed by atoms with Crippen molar-refractivity contribution in [3.8, 4) is 11.8 Å². The lowest BCUT2D eigenvalue weighted by Gasteiger charge is -2.06. The van der Waals surface area contributed by atoms with Crippen LogP contribution in [0.5, 0.6) is 11.8 Å². The molecule has 0 aliphatic carbocycles. The second kappa shape index (κ2) is 6.97. The summed E-state index contributed by atoms with van der Waals surface area (Å²) in [5, 5.41) is 11.2. The van der Waals surface area contributed by atoms with Crippen LogP contribution in [0.4, 0.5) is 0 Å². The summed E-state index contributed by atoms with van der Waals surface area (Å²) in [6.07, 6.45) is 3.14. The Morgan fingerprint density at radius 2 is 2.10 bits per heavy atom. The zero-order valence-corrected chi connectivity index (χ0v) is 12.0. The molecule has 0 spiro atoms. The molecule has 6 nitrogen and oxygen atoms in total. The van der Waals surface area contributed by atoms with Crippen molar-refractivity contribution < 1.29 is 14.6 Å². The van der Waals surface area contributed by atoms with E-state index in [1.54, 1.807) is 36.7 Å². The second-order valence-electron chi connectivity index (χ2n) is 3.79. The first-order valence-electron chi connectivity index (χ1n) is 5.83. The van der Waals surface area contributed by atoms with Gasteiger partial charge < -0.3 is 15.2 Å². The molecule has 0 fully saturated rings. The molecule has 0 saturated carbocycles. The highest BCUT2D eigenvalue weighted by molar-refractivity contribution is 9.10. The van der Waals surface area contributed by atoms with Crippen LogP contribution in [0.3, 0.4) is 0 Å². The maximum Gasteiger partial charge on any atom is 0.321 e. The lowest BCUT2D eigenvalue weighted by atomic mass is 10.2. The van der Waals surface area contributed by atoms with Gasteiger partial charge in [0.05, 0.1) is 11.1 Å². The third-order valence-corrected chi connectivity index (χ3v) is 2.71. The Morgan fingerprint density at radius 1 is 1.35 bits per heavy atom. The van der Waals surface area contributed by atoms with Gasteiger partial charge in [-0.15, -0.1) is 0 Å². The maximum absolute atomic E-state index is 11.7. The standard InChI is InChI=1S/C13H12BrN3O3/c14-10-7-16-13(17-8-10)20-11-3-1-2-9(6-11)12(19)15-4-5-18/h1-3,6-8,18H,4-5H2,(H,15,19). The molecule has 2 N–H and O–H groups in total. The number of hydrogen-bond acceptors (Lipinski definition) is 5.